The van der Waals surface area contributed by atoms with Crippen LogP contribution in [-0.2, 0) is 28.6 Å². The predicted octanol–water partition coefficient (Wildman–Crippen LogP) is 2.28. The van der Waals surface area contributed by atoms with Crippen LogP contribution in [0.5, 0.6) is 0 Å². The van der Waals surface area contributed by atoms with Gasteiger partial charge in [-0.05, 0) is 40.0 Å². The van der Waals surface area contributed by atoms with Gasteiger partial charge in [-0.25, -0.2) is 4.79 Å². The quantitative estimate of drug-likeness (QED) is 0.405. The Bertz CT molecular complexity index is 417. The van der Waals surface area contributed by atoms with Crippen molar-refractivity contribution in [3.05, 3.63) is 0 Å². The maximum absolute atomic E-state index is 12.6. The molecular formula is C17H28O6. The molecule has 1 unspecified atom stereocenters. The molecule has 1 aliphatic rings. The van der Waals surface area contributed by atoms with E-state index in [0.717, 1.165) is 6.42 Å². The Labute approximate surface area is 137 Å². The maximum Gasteiger partial charge on any atom is 0.355 e. The first-order chi connectivity index (χ1) is 10.8. The fourth-order valence-corrected chi connectivity index (χ4v) is 2.10. The highest BCUT2D eigenvalue weighted by Crippen LogP contribution is 2.22. The second kappa shape index (κ2) is 9.01. The van der Waals surface area contributed by atoms with E-state index in [9.17, 15) is 14.4 Å². The highest BCUT2D eigenvalue weighted by atomic mass is 16.6. The largest absolute Gasteiger partial charge is 0.463 e. The van der Waals surface area contributed by atoms with Gasteiger partial charge in [0.05, 0.1) is 12.0 Å². The third-order valence-corrected chi connectivity index (χ3v) is 3.68. The van der Waals surface area contributed by atoms with Crippen LogP contribution in [-0.4, -0.2) is 43.6 Å². The molecule has 1 saturated heterocycles. The van der Waals surface area contributed by atoms with Crippen LogP contribution in [0.4, 0.5) is 0 Å². The van der Waals surface area contributed by atoms with Gasteiger partial charge in [0.15, 0.2) is 5.78 Å². The second-order valence-corrected chi connectivity index (χ2v) is 6.85. The first-order valence-electron chi connectivity index (χ1n) is 8.26. The number of ketones is 1. The average molecular weight is 328 g/mol. The second-order valence-electron chi connectivity index (χ2n) is 6.85. The Morgan fingerprint density at radius 2 is 1.78 bits per heavy atom. The Hall–Kier alpha value is -1.43. The highest BCUT2D eigenvalue weighted by molar-refractivity contribution is 6.04. The molecule has 1 fully saturated rings. The Kier molecular flexibility index (Phi) is 7.68. The summed E-state index contributed by atoms with van der Waals surface area (Å²) in [6.45, 7) is 8.16. The van der Waals surface area contributed by atoms with Crippen molar-refractivity contribution < 1.29 is 28.6 Å². The fourth-order valence-electron chi connectivity index (χ4n) is 2.10. The minimum Gasteiger partial charge on any atom is -0.463 e. The highest BCUT2D eigenvalue weighted by Gasteiger charge is 2.39. The molecule has 0 saturated carbocycles. The summed E-state index contributed by atoms with van der Waals surface area (Å²) >= 11 is 0. The summed E-state index contributed by atoms with van der Waals surface area (Å²) in [6, 6.07) is 0. The summed E-state index contributed by atoms with van der Waals surface area (Å²) in [5.41, 5.74) is -0.794. The molecule has 0 N–H and O–H groups in total. The van der Waals surface area contributed by atoms with E-state index in [1.807, 2.05) is 6.92 Å². The van der Waals surface area contributed by atoms with Crippen LogP contribution in [0.1, 0.15) is 53.4 Å². The topological polar surface area (TPSA) is 78.9 Å². The first-order valence-corrected chi connectivity index (χ1v) is 8.26. The van der Waals surface area contributed by atoms with Crippen LogP contribution in [0.25, 0.3) is 0 Å². The molecule has 0 bridgehead atoms. The van der Waals surface area contributed by atoms with E-state index in [0.29, 0.717) is 32.5 Å². The zero-order valence-corrected chi connectivity index (χ0v) is 14.6. The van der Waals surface area contributed by atoms with Gasteiger partial charge in [0.2, 0.25) is 0 Å². The number of esters is 2. The molecule has 6 nitrogen and oxygen atoms in total. The first kappa shape index (κ1) is 19.6. The van der Waals surface area contributed by atoms with Crippen molar-refractivity contribution >= 4 is 17.7 Å². The van der Waals surface area contributed by atoms with Gasteiger partial charge in [-0.3, -0.25) is 9.59 Å². The zero-order chi connectivity index (χ0) is 17.5. The third kappa shape index (κ3) is 6.29. The molecule has 0 spiro atoms. The molecule has 0 radical (unpaired) electrons. The van der Waals surface area contributed by atoms with Crippen molar-refractivity contribution in [2.24, 2.45) is 11.3 Å². The van der Waals surface area contributed by atoms with E-state index in [1.165, 1.54) is 0 Å². The van der Waals surface area contributed by atoms with E-state index in [2.05, 4.69) is 0 Å². The van der Waals surface area contributed by atoms with Crippen LogP contribution in [0, 0.1) is 11.3 Å². The van der Waals surface area contributed by atoms with Crippen LogP contribution in [0.15, 0.2) is 0 Å². The van der Waals surface area contributed by atoms with Gasteiger partial charge in [0.25, 0.3) is 6.10 Å². The molecular weight excluding hydrogens is 300 g/mol. The van der Waals surface area contributed by atoms with Crippen molar-refractivity contribution in [3.8, 4) is 0 Å². The minimum atomic E-state index is -1.47. The third-order valence-electron chi connectivity index (χ3n) is 3.68. The molecule has 0 aromatic heterocycles. The number of rotatable bonds is 7. The van der Waals surface area contributed by atoms with Gasteiger partial charge >= 0.3 is 11.9 Å². The summed E-state index contributed by atoms with van der Waals surface area (Å²) in [6.07, 6.45) is 1.17. The lowest BCUT2D eigenvalue weighted by Crippen LogP contribution is -2.43. The fraction of sp³-hybridized carbons (Fsp3) is 0.824. The predicted molar refractivity (Wildman–Crippen MR) is 83.8 cm³/mol. The number of ether oxygens (including phenoxy) is 3. The molecule has 1 heterocycles. The van der Waals surface area contributed by atoms with Crippen molar-refractivity contribution in [2.75, 3.05) is 19.8 Å². The lowest BCUT2D eigenvalue weighted by molar-refractivity contribution is -0.177. The number of carbonyl (C=O) groups excluding carboxylic acids is 3. The molecule has 1 aliphatic heterocycles. The normalized spacial score (nSPS) is 17.4. The maximum atomic E-state index is 12.6. The molecule has 6 heteroatoms. The van der Waals surface area contributed by atoms with Crippen molar-refractivity contribution in [3.63, 3.8) is 0 Å². The number of unbranched alkanes of at least 4 members (excludes halogenated alkanes) is 1. The van der Waals surface area contributed by atoms with Crippen molar-refractivity contribution in [1.82, 2.24) is 0 Å². The monoisotopic (exact) mass is 328 g/mol. The molecule has 1 rings (SSSR count). The Balaban J connectivity index is 2.79. The molecule has 23 heavy (non-hydrogen) atoms. The van der Waals surface area contributed by atoms with Crippen LogP contribution < -0.4 is 0 Å². The van der Waals surface area contributed by atoms with Gasteiger partial charge in [-0.15, -0.1) is 0 Å². The number of hydrogen-bond donors (Lipinski definition) is 0. The van der Waals surface area contributed by atoms with E-state index >= 15 is 0 Å². The van der Waals surface area contributed by atoms with Gasteiger partial charge in [0.1, 0.15) is 0 Å². The lowest BCUT2D eigenvalue weighted by atomic mass is 9.91. The summed E-state index contributed by atoms with van der Waals surface area (Å²) in [5.74, 6) is -2.07. The van der Waals surface area contributed by atoms with Crippen LogP contribution >= 0.6 is 0 Å². The molecule has 0 aliphatic carbocycles. The van der Waals surface area contributed by atoms with Crippen LogP contribution in [0.2, 0.25) is 0 Å². The van der Waals surface area contributed by atoms with Gasteiger partial charge in [0, 0.05) is 19.1 Å². The van der Waals surface area contributed by atoms with Crippen LogP contribution in [0.3, 0.4) is 0 Å². The van der Waals surface area contributed by atoms with E-state index < -0.39 is 23.5 Å². The van der Waals surface area contributed by atoms with Gasteiger partial charge in [-0.1, -0.05) is 13.3 Å². The molecule has 132 valence electrons. The van der Waals surface area contributed by atoms with E-state index in [1.54, 1.807) is 20.8 Å². The Morgan fingerprint density at radius 3 is 2.30 bits per heavy atom. The smallest absolute Gasteiger partial charge is 0.355 e. The molecule has 0 amide bonds. The number of Topliss-reactive ketones (excluding diaryl/α,β-unsaturated/α-hetero) is 1. The lowest BCUT2D eigenvalue weighted by Gasteiger charge is -2.26. The Morgan fingerprint density at radius 1 is 1.17 bits per heavy atom. The standard InChI is InChI=1S/C17H28O6/c1-5-6-9-22-15(19)14(23-16(20)17(2,3)4)13(18)12-7-10-21-11-8-12/h12,14H,5-11H2,1-4H3. The number of hydrogen-bond acceptors (Lipinski definition) is 6. The van der Waals surface area contributed by atoms with E-state index in [4.69, 9.17) is 14.2 Å². The molecule has 1 atom stereocenters. The average Bonchev–Trinajstić information content (AvgIpc) is 2.51. The van der Waals surface area contributed by atoms with E-state index in [-0.39, 0.29) is 18.3 Å². The molecule has 0 aromatic rings. The molecule has 0 aromatic carbocycles. The zero-order valence-electron chi connectivity index (χ0n) is 14.6. The SMILES string of the molecule is CCCCOC(=O)C(OC(=O)C(C)(C)C)C(=O)C1CCOCC1. The summed E-state index contributed by atoms with van der Waals surface area (Å²) in [5, 5.41) is 0. The van der Waals surface area contributed by atoms with Gasteiger partial charge in [-0.2, -0.15) is 0 Å². The van der Waals surface area contributed by atoms with Gasteiger partial charge < -0.3 is 14.2 Å². The summed E-state index contributed by atoms with van der Waals surface area (Å²) in [7, 11) is 0. The van der Waals surface area contributed by atoms with Crippen molar-refractivity contribution in [1.29, 1.82) is 0 Å². The summed E-state index contributed by atoms with van der Waals surface area (Å²) in [4.78, 5) is 36.9. The number of carbonyl (C=O) groups is 3. The summed E-state index contributed by atoms with van der Waals surface area (Å²) < 4.78 is 15.5. The minimum absolute atomic E-state index is 0.222. The van der Waals surface area contributed by atoms with Crippen molar-refractivity contribution in [2.45, 2.75) is 59.5 Å².